The maximum absolute atomic E-state index is 12.9. The fraction of sp³-hybridized carbons (Fsp3) is 0.357. The van der Waals surface area contributed by atoms with Crippen molar-refractivity contribution < 1.29 is 4.39 Å². The summed E-state index contributed by atoms with van der Waals surface area (Å²) in [6.45, 7) is 3.31. The number of hydrogen-bond acceptors (Lipinski definition) is 1. The lowest BCUT2D eigenvalue weighted by molar-refractivity contribution is 0.409. The third-order valence-corrected chi connectivity index (χ3v) is 3.39. The minimum atomic E-state index is -0.202. The number of benzene rings is 1. The first kappa shape index (κ1) is 10.5. The van der Waals surface area contributed by atoms with Gasteiger partial charge in [0, 0.05) is 24.7 Å². The van der Waals surface area contributed by atoms with Gasteiger partial charge in [-0.15, -0.1) is 0 Å². The molecule has 2 heterocycles. The molecule has 0 unspecified atom stereocenters. The molecule has 2 aromatic rings. The van der Waals surface area contributed by atoms with Crippen molar-refractivity contribution in [3.05, 3.63) is 42.1 Å². The lowest BCUT2D eigenvalue weighted by Gasteiger charge is -2.18. The van der Waals surface area contributed by atoms with Gasteiger partial charge in [-0.05, 0) is 36.6 Å². The van der Waals surface area contributed by atoms with Gasteiger partial charge in [-0.2, -0.15) is 0 Å². The van der Waals surface area contributed by atoms with Gasteiger partial charge in [0.05, 0.1) is 5.69 Å². The molecule has 3 heteroatoms. The second-order valence-electron chi connectivity index (χ2n) is 4.84. The van der Waals surface area contributed by atoms with Crippen molar-refractivity contribution in [2.24, 2.45) is 5.92 Å². The van der Waals surface area contributed by atoms with Gasteiger partial charge in [0.2, 0.25) is 0 Å². The molecule has 0 saturated carbocycles. The minimum Gasteiger partial charge on any atom is -0.334 e. The molecule has 0 radical (unpaired) electrons. The number of aryl methyl sites for hydroxylation is 1. The quantitative estimate of drug-likeness (QED) is 0.735. The smallest absolute Gasteiger partial charge is 0.123 e. The highest BCUT2D eigenvalue weighted by Gasteiger charge is 2.17. The van der Waals surface area contributed by atoms with E-state index in [0.29, 0.717) is 5.92 Å². The van der Waals surface area contributed by atoms with Crippen LogP contribution in [0.25, 0.3) is 11.3 Å². The zero-order valence-corrected chi connectivity index (χ0v) is 9.86. The number of rotatable bonds is 1. The van der Waals surface area contributed by atoms with Crippen LogP contribution < -0.4 is 0 Å². The summed E-state index contributed by atoms with van der Waals surface area (Å²) in [5.74, 6) is 1.67. The Morgan fingerprint density at radius 2 is 2.06 bits per heavy atom. The van der Waals surface area contributed by atoms with Crippen molar-refractivity contribution in [1.29, 1.82) is 0 Å². The van der Waals surface area contributed by atoms with Crippen LogP contribution in [-0.4, -0.2) is 9.55 Å². The van der Waals surface area contributed by atoms with Gasteiger partial charge in [-0.25, -0.2) is 9.37 Å². The van der Waals surface area contributed by atoms with Crippen LogP contribution in [0.2, 0.25) is 0 Å². The van der Waals surface area contributed by atoms with E-state index >= 15 is 0 Å². The standard InChI is InChI=1S/C14H15FN2/c1-10-6-7-17-9-13(16-14(17)8-10)11-2-4-12(15)5-3-11/h2-5,9-10H,6-8H2,1H3/t10-/m0/s1. The van der Waals surface area contributed by atoms with E-state index in [0.717, 1.165) is 30.0 Å². The Kier molecular flexibility index (Phi) is 2.46. The zero-order chi connectivity index (χ0) is 11.8. The second kappa shape index (κ2) is 3.99. The van der Waals surface area contributed by atoms with E-state index in [2.05, 4.69) is 22.7 Å². The predicted molar refractivity (Wildman–Crippen MR) is 65.1 cm³/mol. The SMILES string of the molecule is C[C@H]1CCn2cc(-c3ccc(F)cc3)nc2C1. The fourth-order valence-corrected chi connectivity index (χ4v) is 2.34. The average Bonchev–Trinajstić information content (AvgIpc) is 2.72. The Morgan fingerprint density at radius 3 is 2.82 bits per heavy atom. The van der Waals surface area contributed by atoms with Crippen molar-refractivity contribution in [1.82, 2.24) is 9.55 Å². The summed E-state index contributed by atoms with van der Waals surface area (Å²) >= 11 is 0. The van der Waals surface area contributed by atoms with Gasteiger partial charge in [-0.1, -0.05) is 6.92 Å². The molecular weight excluding hydrogens is 215 g/mol. The summed E-state index contributed by atoms with van der Waals surface area (Å²) in [4.78, 5) is 4.64. The predicted octanol–water partition coefficient (Wildman–Crippen LogP) is 3.27. The molecule has 0 amide bonds. The highest BCUT2D eigenvalue weighted by molar-refractivity contribution is 5.58. The molecule has 88 valence electrons. The molecule has 2 nitrogen and oxygen atoms in total. The first-order valence-corrected chi connectivity index (χ1v) is 6.04. The molecule has 0 N–H and O–H groups in total. The second-order valence-corrected chi connectivity index (χ2v) is 4.84. The van der Waals surface area contributed by atoms with Crippen molar-refractivity contribution >= 4 is 0 Å². The average molecular weight is 230 g/mol. The highest BCUT2D eigenvalue weighted by atomic mass is 19.1. The molecule has 1 aromatic carbocycles. The highest BCUT2D eigenvalue weighted by Crippen LogP contribution is 2.24. The Labute approximate surface area is 100 Å². The molecule has 0 spiro atoms. The van der Waals surface area contributed by atoms with E-state index in [-0.39, 0.29) is 5.82 Å². The third-order valence-electron chi connectivity index (χ3n) is 3.39. The summed E-state index contributed by atoms with van der Waals surface area (Å²) in [5.41, 5.74) is 1.94. The number of fused-ring (bicyclic) bond motifs is 1. The lowest BCUT2D eigenvalue weighted by Crippen LogP contribution is -2.16. The Morgan fingerprint density at radius 1 is 1.29 bits per heavy atom. The van der Waals surface area contributed by atoms with Crippen LogP contribution in [0.4, 0.5) is 4.39 Å². The third kappa shape index (κ3) is 1.97. The van der Waals surface area contributed by atoms with Gasteiger partial charge >= 0.3 is 0 Å². The number of nitrogens with zero attached hydrogens (tertiary/aromatic N) is 2. The molecule has 0 bridgehead atoms. The molecule has 0 aliphatic carbocycles. The van der Waals surface area contributed by atoms with Crippen LogP contribution in [0.3, 0.4) is 0 Å². The fourth-order valence-electron chi connectivity index (χ4n) is 2.34. The van der Waals surface area contributed by atoms with Crippen molar-refractivity contribution in [3.8, 4) is 11.3 Å². The monoisotopic (exact) mass is 230 g/mol. The first-order chi connectivity index (χ1) is 8.22. The van der Waals surface area contributed by atoms with Crippen LogP contribution in [0.15, 0.2) is 30.5 Å². The van der Waals surface area contributed by atoms with E-state index in [9.17, 15) is 4.39 Å². The largest absolute Gasteiger partial charge is 0.334 e. The molecule has 1 atom stereocenters. The molecule has 3 rings (SSSR count). The Bertz CT molecular complexity index is 528. The van der Waals surface area contributed by atoms with E-state index < -0.39 is 0 Å². The van der Waals surface area contributed by atoms with E-state index in [1.54, 1.807) is 12.1 Å². The van der Waals surface area contributed by atoms with Crippen molar-refractivity contribution in [3.63, 3.8) is 0 Å². The number of halogens is 1. The molecule has 1 aromatic heterocycles. The minimum absolute atomic E-state index is 0.202. The van der Waals surface area contributed by atoms with Crippen LogP contribution in [0.5, 0.6) is 0 Å². The number of imidazole rings is 1. The van der Waals surface area contributed by atoms with Crippen LogP contribution in [0, 0.1) is 11.7 Å². The van der Waals surface area contributed by atoms with Crippen LogP contribution in [-0.2, 0) is 13.0 Å². The van der Waals surface area contributed by atoms with Gasteiger partial charge < -0.3 is 4.57 Å². The van der Waals surface area contributed by atoms with Crippen molar-refractivity contribution in [2.75, 3.05) is 0 Å². The van der Waals surface area contributed by atoms with E-state index in [1.165, 1.54) is 18.6 Å². The molecule has 17 heavy (non-hydrogen) atoms. The first-order valence-electron chi connectivity index (χ1n) is 6.04. The van der Waals surface area contributed by atoms with Gasteiger partial charge in [0.25, 0.3) is 0 Å². The van der Waals surface area contributed by atoms with Gasteiger partial charge in [0.1, 0.15) is 11.6 Å². The summed E-state index contributed by atoms with van der Waals surface area (Å²) in [6, 6.07) is 6.53. The summed E-state index contributed by atoms with van der Waals surface area (Å²) in [7, 11) is 0. The van der Waals surface area contributed by atoms with Gasteiger partial charge in [-0.3, -0.25) is 0 Å². The zero-order valence-electron chi connectivity index (χ0n) is 9.86. The summed E-state index contributed by atoms with van der Waals surface area (Å²) in [6.07, 6.45) is 4.34. The van der Waals surface area contributed by atoms with Crippen molar-refractivity contribution in [2.45, 2.75) is 26.3 Å². The molecule has 0 saturated heterocycles. The molecule has 0 fully saturated rings. The normalized spacial score (nSPS) is 19.1. The number of hydrogen-bond donors (Lipinski definition) is 0. The lowest BCUT2D eigenvalue weighted by atomic mass is 10.0. The molecule has 1 aliphatic rings. The maximum atomic E-state index is 12.9. The van der Waals surface area contributed by atoms with Crippen LogP contribution in [0.1, 0.15) is 19.2 Å². The number of aromatic nitrogens is 2. The Hall–Kier alpha value is -1.64. The Balaban J connectivity index is 1.97. The van der Waals surface area contributed by atoms with Crippen LogP contribution >= 0.6 is 0 Å². The topological polar surface area (TPSA) is 17.8 Å². The summed E-state index contributed by atoms with van der Waals surface area (Å²) < 4.78 is 15.1. The molecular formula is C14H15FN2. The molecule has 1 aliphatic heterocycles. The maximum Gasteiger partial charge on any atom is 0.123 e. The van der Waals surface area contributed by atoms with E-state index in [4.69, 9.17) is 0 Å². The summed E-state index contributed by atoms with van der Waals surface area (Å²) in [5, 5.41) is 0. The van der Waals surface area contributed by atoms with E-state index in [1.807, 2.05) is 0 Å². The van der Waals surface area contributed by atoms with Gasteiger partial charge in [0.15, 0.2) is 0 Å².